The van der Waals surface area contributed by atoms with Gasteiger partial charge in [-0.25, -0.2) is 17.2 Å². The van der Waals surface area contributed by atoms with E-state index in [9.17, 15) is 18.3 Å². The molecule has 0 spiro atoms. The Morgan fingerprint density at radius 3 is 2.50 bits per heavy atom. The molecule has 0 saturated heterocycles. The molecule has 7 heteroatoms. The molecule has 0 aliphatic rings. The van der Waals surface area contributed by atoms with Gasteiger partial charge in [0.05, 0.1) is 18.9 Å². The first-order valence-corrected chi connectivity index (χ1v) is 6.84. The fourth-order valence-corrected chi connectivity index (χ4v) is 2.83. The monoisotopic (exact) mass is 269 g/mol. The van der Waals surface area contributed by atoms with E-state index < -0.39 is 21.7 Å². The van der Waals surface area contributed by atoms with Gasteiger partial charge in [-0.05, 0) is 12.1 Å². The number of nitrogens with zero attached hydrogens (tertiary/aromatic N) is 1. The van der Waals surface area contributed by atoms with Crippen molar-refractivity contribution in [1.29, 1.82) is 0 Å². The lowest BCUT2D eigenvalue weighted by Gasteiger charge is -2.06. The van der Waals surface area contributed by atoms with Crippen molar-refractivity contribution in [2.75, 3.05) is 13.4 Å². The smallest absolute Gasteiger partial charge is 0.359 e. The third-order valence-electron chi connectivity index (χ3n) is 2.52. The van der Waals surface area contributed by atoms with Gasteiger partial charge < -0.3 is 9.84 Å². The first-order chi connectivity index (χ1) is 8.38. The maximum absolute atomic E-state index is 11.7. The SMILES string of the molecule is COC(=O)c1c(O)c2ccccc2n1S(C)(=O)=O. The van der Waals surface area contributed by atoms with Gasteiger partial charge >= 0.3 is 5.97 Å². The fraction of sp³-hybridized carbons (Fsp3) is 0.182. The number of para-hydroxylation sites is 1. The molecule has 0 aliphatic heterocycles. The van der Waals surface area contributed by atoms with Crippen molar-refractivity contribution in [3.63, 3.8) is 0 Å². The molecule has 0 atom stereocenters. The number of carbonyl (C=O) groups excluding carboxylic acids is 1. The van der Waals surface area contributed by atoms with Crippen molar-refractivity contribution >= 4 is 26.9 Å². The second kappa shape index (κ2) is 4.02. The second-order valence-corrected chi connectivity index (χ2v) is 5.56. The molecule has 0 unspecified atom stereocenters. The Labute approximate surface area is 103 Å². The molecule has 96 valence electrons. The Balaban J connectivity index is 3.00. The van der Waals surface area contributed by atoms with E-state index in [1.54, 1.807) is 12.1 Å². The summed E-state index contributed by atoms with van der Waals surface area (Å²) in [7, 11) is -2.62. The van der Waals surface area contributed by atoms with Crippen LogP contribution in [0.15, 0.2) is 24.3 Å². The number of benzene rings is 1. The number of aromatic hydroxyl groups is 1. The van der Waals surface area contributed by atoms with Gasteiger partial charge in [-0.1, -0.05) is 12.1 Å². The predicted octanol–water partition coefficient (Wildman–Crippen LogP) is 0.941. The molecule has 0 bridgehead atoms. The summed E-state index contributed by atoms with van der Waals surface area (Å²) in [5, 5.41) is 10.2. The van der Waals surface area contributed by atoms with Gasteiger partial charge in [-0.15, -0.1) is 0 Å². The Bertz CT molecular complexity index is 729. The largest absolute Gasteiger partial charge is 0.505 e. The van der Waals surface area contributed by atoms with Gasteiger partial charge in [-0.2, -0.15) is 0 Å². The molecule has 6 nitrogen and oxygen atoms in total. The first kappa shape index (κ1) is 12.4. The normalized spacial score (nSPS) is 11.7. The molecular weight excluding hydrogens is 258 g/mol. The van der Waals surface area contributed by atoms with Crippen molar-refractivity contribution < 1.29 is 23.1 Å². The average molecular weight is 269 g/mol. The van der Waals surface area contributed by atoms with Crippen LogP contribution in [0.5, 0.6) is 5.75 Å². The van der Waals surface area contributed by atoms with Crippen molar-refractivity contribution in [3.8, 4) is 5.75 Å². The van der Waals surface area contributed by atoms with Crippen LogP contribution in [0.3, 0.4) is 0 Å². The number of ether oxygens (including phenoxy) is 1. The minimum Gasteiger partial charge on any atom is -0.505 e. The van der Waals surface area contributed by atoms with Crippen LogP contribution in [0, 0.1) is 0 Å². The van der Waals surface area contributed by atoms with E-state index in [1.807, 2.05) is 0 Å². The van der Waals surface area contributed by atoms with Gasteiger partial charge in [0.1, 0.15) is 0 Å². The molecule has 1 aromatic carbocycles. The summed E-state index contributed by atoms with van der Waals surface area (Å²) >= 11 is 0. The molecule has 0 fully saturated rings. The zero-order valence-corrected chi connectivity index (χ0v) is 10.6. The van der Waals surface area contributed by atoms with Crippen LogP contribution in [-0.4, -0.2) is 36.8 Å². The summed E-state index contributed by atoms with van der Waals surface area (Å²) < 4.78 is 28.8. The highest BCUT2D eigenvalue weighted by molar-refractivity contribution is 7.89. The molecule has 1 aromatic heterocycles. The molecule has 1 N–H and O–H groups in total. The molecule has 0 radical (unpaired) electrons. The lowest BCUT2D eigenvalue weighted by atomic mass is 10.2. The topological polar surface area (TPSA) is 85.6 Å². The summed E-state index contributed by atoms with van der Waals surface area (Å²) in [4.78, 5) is 11.6. The Morgan fingerprint density at radius 2 is 1.94 bits per heavy atom. The standard InChI is InChI=1S/C11H11NO5S/c1-17-11(14)9-10(13)7-5-3-4-6-8(7)12(9)18(2,15)16/h3-6,13H,1-2H3. The number of hydrogen-bond donors (Lipinski definition) is 1. The maximum atomic E-state index is 11.7. The van der Waals surface area contributed by atoms with Crippen LogP contribution in [0.25, 0.3) is 10.9 Å². The lowest BCUT2D eigenvalue weighted by molar-refractivity contribution is 0.0590. The highest BCUT2D eigenvalue weighted by Gasteiger charge is 2.27. The van der Waals surface area contributed by atoms with Crippen LogP contribution in [-0.2, 0) is 14.8 Å². The van der Waals surface area contributed by atoms with Crippen LogP contribution in [0.4, 0.5) is 0 Å². The Hall–Kier alpha value is -2.02. The maximum Gasteiger partial charge on any atom is 0.359 e. The molecule has 18 heavy (non-hydrogen) atoms. The van der Waals surface area contributed by atoms with Gasteiger partial charge in [0, 0.05) is 5.39 Å². The van der Waals surface area contributed by atoms with Crippen molar-refractivity contribution in [2.24, 2.45) is 0 Å². The van der Waals surface area contributed by atoms with Crippen LogP contribution in [0.2, 0.25) is 0 Å². The summed E-state index contributed by atoms with van der Waals surface area (Å²) in [5.74, 6) is -1.31. The van der Waals surface area contributed by atoms with Gasteiger partial charge in [0.25, 0.3) is 0 Å². The average Bonchev–Trinajstić information content (AvgIpc) is 2.62. The highest BCUT2D eigenvalue weighted by Crippen LogP contribution is 2.33. The number of esters is 1. The Kier molecular flexibility index (Phi) is 2.78. The second-order valence-electron chi connectivity index (χ2n) is 3.73. The van der Waals surface area contributed by atoms with Gasteiger partial charge in [-0.3, -0.25) is 0 Å². The van der Waals surface area contributed by atoms with E-state index in [1.165, 1.54) is 12.1 Å². The summed E-state index contributed by atoms with van der Waals surface area (Å²) in [5.41, 5.74) is -0.154. The van der Waals surface area contributed by atoms with E-state index >= 15 is 0 Å². The molecule has 0 amide bonds. The molecule has 2 rings (SSSR count). The van der Waals surface area contributed by atoms with E-state index in [-0.39, 0.29) is 16.6 Å². The molecule has 2 aromatic rings. The first-order valence-electron chi connectivity index (χ1n) is 4.99. The van der Waals surface area contributed by atoms with Crippen molar-refractivity contribution in [1.82, 2.24) is 3.97 Å². The van der Waals surface area contributed by atoms with E-state index in [2.05, 4.69) is 4.74 Å². The lowest BCUT2D eigenvalue weighted by Crippen LogP contribution is -2.17. The minimum atomic E-state index is -3.74. The van der Waals surface area contributed by atoms with Crippen LogP contribution >= 0.6 is 0 Å². The molecule has 0 saturated carbocycles. The predicted molar refractivity (Wildman–Crippen MR) is 65.2 cm³/mol. The number of methoxy groups -OCH3 is 1. The fourth-order valence-electron chi connectivity index (χ4n) is 1.82. The summed E-state index contributed by atoms with van der Waals surface area (Å²) in [6, 6.07) is 6.28. The Morgan fingerprint density at radius 1 is 1.33 bits per heavy atom. The summed E-state index contributed by atoms with van der Waals surface area (Å²) in [6.07, 6.45) is 0.950. The third-order valence-corrected chi connectivity index (χ3v) is 3.56. The zero-order valence-electron chi connectivity index (χ0n) is 9.75. The van der Waals surface area contributed by atoms with E-state index in [0.717, 1.165) is 17.3 Å². The van der Waals surface area contributed by atoms with Crippen molar-refractivity contribution in [2.45, 2.75) is 0 Å². The van der Waals surface area contributed by atoms with Crippen molar-refractivity contribution in [3.05, 3.63) is 30.0 Å². The number of aromatic nitrogens is 1. The van der Waals surface area contributed by atoms with Crippen LogP contribution in [0.1, 0.15) is 10.5 Å². The third kappa shape index (κ3) is 1.72. The zero-order chi connectivity index (χ0) is 13.5. The quantitative estimate of drug-likeness (QED) is 0.820. The van der Waals surface area contributed by atoms with E-state index in [0.29, 0.717) is 0 Å². The highest BCUT2D eigenvalue weighted by atomic mass is 32.2. The number of fused-ring (bicyclic) bond motifs is 1. The minimum absolute atomic E-state index is 0.234. The van der Waals surface area contributed by atoms with Gasteiger partial charge in [0.2, 0.25) is 10.0 Å². The molecule has 1 heterocycles. The number of rotatable bonds is 2. The molecule has 0 aliphatic carbocycles. The number of hydrogen-bond acceptors (Lipinski definition) is 5. The number of carbonyl (C=O) groups is 1. The van der Waals surface area contributed by atoms with E-state index in [4.69, 9.17) is 0 Å². The summed E-state index contributed by atoms with van der Waals surface area (Å²) in [6.45, 7) is 0. The molecular formula is C11H11NO5S. The van der Waals surface area contributed by atoms with Crippen LogP contribution < -0.4 is 0 Å². The van der Waals surface area contributed by atoms with Gasteiger partial charge in [0.15, 0.2) is 11.4 Å².